The SMILES string of the molecule is Cn1nc(-c2cnccn2)cc1CNS(=O)(=O)c1cccs1. The van der Waals surface area contributed by atoms with Crippen molar-refractivity contribution in [2.75, 3.05) is 0 Å². The van der Waals surface area contributed by atoms with Gasteiger partial charge >= 0.3 is 0 Å². The van der Waals surface area contributed by atoms with Gasteiger partial charge in [-0.3, -0.25) is 14.6 Å². The predicted octanol–water partition coefficient (Wildman–Crippen LogP) is 1.42. The van der Waals surface area contributed by atoms with Gasteiger partial charge in [-0.05, 0) is 17.5 Å². The normalized spacial score (nSPS) is 11.7. The molecule has 114 valence electrons. The van der Waals surface area contributed by atoms with Crippen molar-refractivity contribution in [2.24, 2.45) is 7.05 Å². The predicted molar refractivity (Wildman–Crippen MR) is 82.6 cm³/mol. The van der Waals surface area contributed by atoms with Gasteiger partial charge in [0, 0.05) is 19.4 Å². The lowest BCUT2D eigenvalue weighted by molar-refractivity contribution is 0.579. The van der Waals surface area contributed by atoms with Gasteiger partial charge in [-0.15, -0.1) is 11.3 Å². The molecule has 9 heteroatoms. The minimum atomic E-state index is -3.49. The van der Waals surface area contributed by atoms with Crippen molar-refractivity contribution < 1.29 is 8.42 Å². The Kier molecular flexibility index (Phi) is 4.01. The molecule has 0 saturated carbocycles. The van der Waals surface area contributed by atoms with Crippen molar-refractivity contribution in [3.63, 3.8) is 0 Å². The smallest absolute Gasteiger partial charge is 0.250 e. The second kappa shape index (κ2) is 5.95. The highest BCUT2D eigenvalue weighted by Gasteiger charge is 2.16. The number of nitrogens with one attached hydrogen (secondary N) is 1. The minimum absolute atomic E-state index is 0.157. The van der Waals surface area contributed by atoms with Gasteiger partial charge in [0.15, 0.2) is 0 Å². The van der Waals surface area contributed by atoms with Gasteiger partial charge in [0.1, 0.15) is 15.6 Å². The van der Waals surface area contributed by atoms with Gasteiger partial charge in [-0.25, -0.2) is 13.1 Å². The third kappa shape index (κ3) is 3.06. The first kappa shape index (κ1) is 14.8. The lowest BCUT2D eigenvalue weighted by Gasteiger charge is -2.04. The molecule has 0 unspecified atom stereocenters. The summed E-state index contributed by atoms with van der Waals surface area (Å²) in [5, 5.41) is 6.05. The van der Waals surface area contributed by atoms with Gasteiger partial charge < -0.3 is 0 Å². The van der Waals surface area contributed by atoms with Crippen LogP contribution in [0.3, 0.4) is 0 Å². The maximum atomic E-state index is 12.1. The molecule has 0 amide bonds. The van der Waals surface area contributed by atoms with Gasteiger partial charge in [0.2, 0.25) is 10.0 Å². The summed E-state index contributed by atoms with van der Waals surface area (Å²) in [7, 11) is -1.73. The lowest BCUT2D eigenvalue weighted by atomic mass is 10.3. The molecular weight excluding hydrogens is 322 g/mol. The summed E-state index contributed by atoms with van der Waals surface area (Å²) in [5.74, 6) is 0. The number of thiophene rings is 1. The Hall–Kier alpha value is -2.10. The van der Waals surface area contributed by atoms with Crippen molar-refractivity contribution in [3.8, 4) is 11.4 Å². The van der Waals surface area contributed by atoms with Crippen LogP contribution >= 0.6 is 11.3 Å². The number of sulfonamides is 1. The molecule has 7 nitrogen and oxygen atoms in total. The average molecular weight is 335 g/mol. The second-order valence-corrected chi connectivity index (χ2v) is 7.43. The molecule has 22 heavy (non-hydrogen) atoms. The molecule has 1 N–H and O–H groups in total. The summed E-state index contributed by atoms with van der Waals surface area (Å²) in [5.41, 5.74) is 2.03. The summed E-state index contributed by atoms with van der Waals surface area (Å²) in [6.45, 7) is 0.157. The molecule has 0 aliphatic carbocycles. The molecular formula is C13H13N5O2S2. The summed E-state index contributed by atoms with van der Waals surface area (Å²) in [6.07, 6.45) is 4.79. The fraction of sp³-hybridized carbons (Fsp3) is 0.154. The van der Waals surface area contributed by atoms with E-state index < -0.39 is 10.0 Å². The number of hydrogen-bond acceptors (Lipinski definition) is 6. The Morgan fingerprint density at radius 2 is 2.18 bits per heavy atom. The average Bonchev–Trinajstić information content (AvgIpc) is 3.16. The van der Waals surface area contributed by atoms with E-state index in [1.807, 2.05) is 0 Å². The van der Waals surface area contributed by atoms with E-state index in [4.69, 9.17) is 0 Å². The van der Waals surface area contributed by atoms with Crippen LogP contribution in [-0.4, -0.2) is 28.2 Å². The van der Waals surface area contributed by atoms with E-state index in [1.165, 1.54) is 11.3 Å². The van der Waals surface area contributed by atoms with Crippen LogP contribution in [0.5, 0.6) is 0 Å². The third-order valence-electron chi connectivity index (χ3n) is 3.01. The Labute approximate surface area is 131 Å². The van der Waals surface area contributed by atoms with Crippen LogP contribution in [-0.2, 0) is 23.6 Å². The van der Waals surface area contributed by atoms with Gasteiger partial charge in [-0.1, -0.05) is 6.07 Å². The van der Waals surface area contributed by atoms with Crippen LogP contribution in [0.1, 0.15) is 5.69 Å². The zero-order chi connectivity index (χ0) is 15.6. The monoisotopic (exact) mass is 335 g/mol. The summed E-state index contributed by atoms with van der Waals surface area (Å²) in [6, 6.07) is 5.07. The highest BCUT2D eigenvalue weighted by molar-refractivity contribution is 7.91. The topological polar surface area (TPSA) is 89.8 Å². The molecule has 0 aliphatic rings. The highest BCUT2D eigenvalue weighted by atomic mass is 32.2. The van der Waals surface area contributed by atoms with Crippen LogP contribution in [0.25, 0.3) is 11.4 Å². The van der Waals surface area contributed by atoms with Crippen LogP contribution in [0.2, 0.25) is 0 Å². The third-order valence-corrected chi connectivity index (χ3v) is 5.80. The molecule has 0 fully saturated rings. The Bertz CT molecular complexity index is 857. The first-order valence-electron chi connectivity index (χ1n) is 6.39. The minimum Gasteiger partial charge on any atom is -0.271 e. The van der Waals surface area contributed by atoms with Crippen molar-refractivity contribution in [2.45, 2.75) is 10.8 Å². The molecule has 3 aromatic rings. The van der Waals surface area contributed by atoms with E-state index in [1.54, 1.807) is 53.9 Å². The van der Waals surface area contributed by atoms with Crippen LogP contribution < -0.4 is 4.72 Å². The quantitative estimate of drug-likeness (QED) is 0.761. The maximum Gasteiger partial charge on any atom is 0.250 e. The first-order chi connectivity index (χ1) is 10.6. The Balaban J connectivity index is 1.78. The number of rotatable bonds is 5. The number of nitrogens with zero attached hydrogens (tertiary/aromatic N) is 4. The molecule has 0 saturated heterocycles. The zero-order valence-electron chi connectivity index (χ0n) is 11.7. The van der Waals surface area contributed by atoms with Crippen LogP contribution in [0.4, 0.5) is 0 Å². The first-order valence-corrected chi connectivity index (χ1v) is 8.75. The van der Waals surface area contributed by atoms with E-state index in [-0.39, 0.29) is 6.54 Å². The van der Waals surface area contributed by atoms with Crippen LogP contribution in [0, 0.1) is 0 Å². The fourth-order valence-electron chi connectivity index (χ4n) is 1.88. The van der Waals surface area contributed by atoms with Gasteiger partial charge in [0.05, 0.1) is 18.4 Å². The van der Waals surface area contributed by atoms with Crippen LogP contribution in [0.15, 0.2) is 46.4 Å². The van der Waals surface area contributed by atoms with Gasteiger partial charge in [0.25, 0.3) is 0 Å². The number of aromatic nitrogens is 4. The summed E-state index contributed by atoms with van der Waals surface area (Å²) >= 11 is 1.18. The maximum absolute atomic E-state index is 12.1. The number of aryl methyl sites for hydroxylation is 1. The molecule has 0 aliphatic heterocycles. The summed E-state index contributed by atoms with van der Waals surface area (Å²) in [4.78, 5) is 8.17. The lowest BCUT2D eigenvalue weighted by Crippen LogP contribution is -2.23. The molecule has 0 bridgehead atoms. The largest absolute Gasteiger partial charge is 0.271 e. The van der Waals surface area contributed by atoms with Crippen molar-refractivity contribution in [1.29, 1.82) is 0 Å². The van der Waals surface area contributed by atoms with E-state index in [2.05, 4.69) is 19.8 Å². The molecule has 0 spiro atoms. The van der Waals surface area contributed by atoms with E-state index in [0.29, 0.717) is 15.6 Å². The Morgan fingerprint density at radius 1 is 1.32 bits per heavy atom. The molecule has 3 aromatic heterocycles. The van der Waals surface area contributed by atoms with Gasteiger partial charge in [-0.2, -0.15) is 5.10 Å². The Morgan fingerprint density at radius 3 is 2.86 bits per heavy atom. The van der Waals surface area contributed by atoms with E-state index in [9.17, 15) is 8.42 Å². The second-order valence-electron chi connectivity index (χ2n) is 4.49. The molecule has 0 radical (unpaired) electrons. The van der Waals surface area contributed by atoms with Crippen molar-refractivity contribution in [1.82, 2.24) is 24.5 Å². The molecule has 0 aromatic carbocycles. The summed E-state index contributed by atoms with van der Waals surface area (Å²) < 4.78 is 28.7. The molecule has 0 atom stereocenters. The standard InChI is InChI=1S/C13H13N5O2S2/c1-18-10(7-11(17-18)12-9-14-4-5-15-12)8-16-22(19,20)13-3-2-6-21-13/h2-7,9,16H,8H2,1H3. The molecule has 3 heterocycles. The zero-order valence-corrected chi connectivity index (χ0v) is 13.3. The fourth-order valence-corrected chi connectivity index (χ4v) is 3.92. The number of hydrogen-bond donors (Lipinski definition) is 1. The molecule has 3 rings (SSSR count). The van der Waals surface area contributed by atoms with Crippen molar-refractivity contribution >= 4 is 21.4 Å². The highest BCUT2D eigenvalue weighted by Crippen LogP contribution is 2.18. The van der Waals surface area contributed by atoms with Crippen molar-refractivity contribution in [3.05, 3.63) is 47.9 Å². The van der Waals surface area contributed by atoms with E-state index >= 15 is 0 Å². The van der Waals surface area contributed by atoms with E-state index in [0.717, 1.165) is 5.69 Å².